The second-order valence-corrected chi connectivity index (χ2v) is 8.86. The zero-order chi connectivity index (χ0) is 24.1. The number of nitrogens with zero attached hydrogens (tertiary/aromatic N) is 4. The minimum absolute atomic E-state index is 0.0373. The summed E-state index contributed by atoms with van der Waals surface area (Å²) in [6.45, 7) is 7.26. The smallest absolute Gasteiger partial charge is 0.418 e. The van der Waals surface area contributed by atoms with Gasteiger partial charge in [-0.15, -0.1) is 4.91 Å². The topological polar surface area (TPSA) is 70.1 Å². The molecule has 0 spiro atoms. The summed E-state index contributed by atoms with van der Waals surface area (Å²) in [6.07, 6.45) is 2.14. The summed E-state index contributed by atoms with van der Waals surface area (Å²) in [5.41, 5.74) is -0.215. The Morgan fingerprint density at radius 1 is 1.09 bits per heavy atom. The number of halogens is 3. The van der Waals surface area contributed by atoms with Crippen molar-refractivity contribution < 1.29 is 17.9 Å². The van der Waals surface area contributed by atoms with Crippen LogP contribution in [0.15, 0.2) is 41.8 Å². The highest BCUT2D eigenvalue weighted by molar-refractivity contribution is 5.58. The lowest BCUT2D eigenvalue weighted by molar-refractivity contribution is -0.137. The Morgan fingerprint density at radius 2 is 1.82 bits per heavy atom. The van der Waals surface area contributed by atoms with Gasteiger partial charge in [0.1, 0.15) is 11.4 Å². The molecule has 0 unspecified atom stereocenters. The van der Waals surface area contributed by atoms with Crippen molar-refractivity contribution in [3.05, 3.63) is 47.1 Å². The van der Waals surface area contributed by atoms with E-state index in [9.17, 15) is 18.1 Å². The van der Waals surface area contributed by atoms with Crippen molar-refractivity contribution in [3.63, 3.8) is 0 Å². The first kappa shape index (κ1) is 24.3. The number of nitrogens with one attached hydrogen (secondary N) is 1. The first-order chi connectivity index (χ1) is 16.4. The van der Waals surface area contributed by atoms with Gasteiger partial charge in [0.25, 0.3) is 0 Å². The molecule has 7 nitrogen and oxygen atoms in total. The highest BCUT2D eigenvalue weighted by Gasteiger charge is 2.34. The molecule has 2 aromatic rings. The molecule has 0 amide bonds. The molecule has 2 heterocycles. The molecule has 1 aromatic heterocycles. The summed E-state index contributed by atoms with van der Waals surface area (Å²) in [5, 5.41) is 5.66. The van der Waals surface area contributed by atoms with Gasteiger partial charge in [-0.05, 0) is 55.6 Å². The van der Waals surface area contributed by atoms with Crippen molar-refractivity contribution in [2.45, 2.75) is 50.9 Å². The van der Waals surface area contributed by atoms with Crippen LogP contribution in [0, 0.1) is 4.91 Å². The molecule has 34 heavy (non-hydrogen) atoms. The Kier molecular flexibility index (Phi) is 7.55. The highest BCUT2D eigenvalue weighted by Crippen LogP contribution is 2.38. The number of hydrogen-bond acceptors (Lipinski definition) is 7. The third-order valence-electron chi connectivity index (χ3n) is 6.63. The predicted molar refractivity (Wildman–Crippen MR) is 126 cm³/mol. The number of rotatable bonds is 7. The van der Waals surface area contributed by atoms with E-state index in [1.807, 2.05) is 12.3 Å². The van der Waals surface area contributed by atoms with E-state index in [4.69, 9.17) is 4.74 Å². The van der Waals surface area contributed by atoms with Crippen LogP contribution in [0.2, 0.25) is 0 Å². The van der Waals surface area contributed by atoms with Crippen molar-refractivity contribution >= 4 is 17.1 Å². The maximum atomic E-state index is 13.2. The number of benzene rings is 1. The van der Waals surface area contributed by atoms with Crippen LogP contribution in [0.3, 0.4) is 0 Å². The molecule has 1 N–H and O–H groups in total. The lowest BCUT2D eigenvalue weighted by atomic mass is 9.92. The number of aromatic nitrogens is 1. The molecule has 10 heteroatoms. The van der Waals surface area contributed by atoms with Crippen LogP contribution in [0.4, 0.5) is 30.2 Å². The average molecular weight is 478 g/mol. The fourth-order valence-electron chi connectivity index (χ4n) is 4.65. The first-order valence-electron chi connectivity index (χ1n) is 11.8. The van der Waals surface area contributed by atoms with Gasteiger partial charge in [0, 0.05) is 44.0 Å². The minimum Gasteiger partial charge on any atom is -0.489 e. The maximum absolute atomic E-state index is 13.2. The van der Waals surface area contributed by atoms with E-state index in [-0.39, 0.29) is 12.1 Å². The number of likely N-dealkylation sites (N-methyl/N-ethyl adjacent to an activating group) is 1. The van der Waals surface area contributed by atoms with Crippen molar-refractivity contribution in [2.75, 3.05) is 42.9 Å². The van der Waals surface area contributed by atoms with Gasteiger partial charge in [0.2, 0.25) is 0 Å². The van der Waals surface area contributed by atoms with Gasteiger partial charge < -0.3 is 19.9 Å². The second-order valence-electron chi connectivity index (χ2n) is 8.86. The van der Waals surface area contributed by atoms with E-state index in [1.165, 1.54) is 6.07 Å². The standard InChI is InChI=1S/C24H30F3N5O2/c1-2-31-9-11-32(12-10-31)19-14-21(16-28-15-19)34-20-6-3-17(4-7-20)29-18-5-8-23(30-33)22(13-18)24(25,26)27/h5,8,13-17,20,29H,2-4,6-7,9-12H2,1H3. The zero-order valence-electron chi connectivity index (χ0n) is 19.2. The number of hydrogen-bond donors (Lipinski definition) is 1. The van der Waals surface area contributed by atoms with Gasteiger partial charge in [-0.2, -0.15) is 13.2 Å². The number of piperazine rings is 1. The lowest BCUT2D eigenvalue weighted by Gasteiger charge is -2.35. The number of nitroso groups, excluding NO2 is 1. The fraction of sp³-hybridized carbons (Fsp3) is 0.542. The Labute approximate surface area is 197 Å². The molecule has 2 fully saturated rings. The zero-order valence-corrected chi connectivity index (χ0v) is 19.2. The molecule has 0 bridgehead atoms. The van der Waals surface area contributed by atoms with Crippen molar-refractivity contribution in [1.29, 1.82) is 0 Å². The molecule has 1 saturated carbocycles. The van der Waals surface area contributed by atoms with E-state index in [0.29, 0.717) is 5.69 Å². The van der Waals surface area contributed by atoms with Gasteiger partial charge in [-0.1, -0.05) is 6.92 Å². The van der Waals surface area contributed by atoms with Gasteiger partial charge in [0.05, 0.1) is 29.7 Å². The molecule has 184 valence electrons. The van der Waals surface area contributed by atoms with Gasteiger partial charge >= 0.3 is 6.18 Å². The molecule has 2 aliphatic rings. The first-order valence-corrected chi connectivity index (χ1v) is 11.8. The maximum Gasteiger partial charge on any atom is 0.418 e. The van der Waals surface area contributed by atoms with Crippen molar-refractivity contribution in [3.8, 4) is 5.75 Å². The molecule has 1 saturated heterocycles. The van der Waals surface area contributed by atoms with Crippen molar-refractivity contribution in [1.82, 2.24) is 9.88 Å². The Morgan fingerprint density at radius 3 is 2.47 bits per heavy atom. The van der Waals surface area contributed by atoms with Crippen LogP contribution in [-0.2, 0) is 6.18 Å². The summed E-state index contributed by atoms with van der Waals surface area (Å²) in [7, 11) is 0. The van der Waals surface area contributed by atoms with Crippen molar-refractivity contribution in [2.24, 2.45) is 5.18 Å². The molecular weight excluding hydrogens is 447 g/mol. The van der Waals surface area contributed by atoms with Gasteiger partial charge in [0.15, 0.2) is 0 Å². The molecule has 1 aliphatic carbocycles. The highest BCUT2D eigenvalue weighted by atomic mass is 19.4. The summed E-state index contributed by atoms with van der Waals surface area (Å²) in [4.78, 5) is 19.8. The van der Waals surface area contributed by atoms with E-state index >= 15 is 0 Å². The summed E-state index contributed by atoms with van der Waals surface area (Å²) < 4.78 is 45.7. The van der Waals surface area contributed by atoms with Crippen LogP contribution < -0.4 is 15.0 Å². The number of ether oxygens (including phenoxy) is 1. The van der Waals surface area contributed by atoms with Crippen LogP contribution >= 0.6 is 0 Å². The third kappa shape index (κ3) is 5.97. The molecule has 0 atom stereocenters. The number of pyridine rings is 1. The monoisotopic (exact) mass is 477 g/mol. The number of alkyl halides is 3. The van der Waals surface area contributed by atoms with E-state index < -0.39 is 17.4 Å². The number of anilines is 2. The summed E-state index contributed by atoms with van der Waals surface area (Å²) in [5.74, 6) is 0.749. The lowest BCUT2D eigenvalue weighted by Crippen LogP contribution is -2.46. The predicted octanol–water partition coefficient (Wildman–Crippen LogP) is 5.44. The third-order valence-corrected chi connectivity index (χ3v) is 6.63. The van der Waals surface area contributed by atoms with E-state index in [0.717, 1.165) is 82.0 Å². The average Bonchev–Trinajstić information content (AvgIpc) is 2.85. The molecular formula is C24H30F3N5O2. The van der Waals surface area contributed by atoms with Gasteiger partial charge in [-0.3, -0.25) is 4.98 Å². The SMILES string of the molecule is CCN1CCN(c2cncc(OC3CCC(Nc4ccc(N=O)c(C(F)(F)F)c4)CC3)c2)CC1. The largest absolute Gasteiger partial charge is 0.489 e. The Hall–Kier alpha value is -2.88. The molecule has 1 aromatic carbocycles. The Balaban J connectivity index is 1.30. The second kappa shape index (κ2) is 10.6. The van der Waals surface area contributed by atoms with Gasteiger partial charge in [-0.25, -0.2) is 0 Å². The minimum atomic E-state index is -4.63. The molecule has 0 radical (unpaired) electrons. The van der Waals surface area contributed by atoms with Crippen LogP contribution in [0.1, 0.15) is 38.2 Å². The summed E-state index contributed by atoms with van der Waals surface area (Å²) >= 11 is 0. The van der Waals surface area contributed by atoms with E-state index in [1.54, 1.807) is 6.20 Å². The quantitative estimate of drug-likeness (QED) is 0.536. The van der Waals surface area contributed by atoms with Crippen LogP contribution in [0.25, 0.3) is 0 Å². The van der Waals surface area contributed by atoms with Crippen LogP contribution in [0.5, 0.6) is 5.75 Å². The van der Waals surface area contributed by atoms with Crippen LogP contribution in [-0.4, -0.2) is 54.8 Å². The fourth-order valence-corrected chi connectivity index (χ4v) is 4.65. The summed E-state index contributed by atoms with van der Waals surface area (Å²) in [6, 6.07) is 5.60. The normalized spacial score (nSPS) is 21.8. The molecule has 1 aliphatic heterocycles. The molecule has 4 rings (SSSR count). The van der Waals surface area contributed by atoms with E-state index in [2.05, 4.69) is 32.2 Å². The Bertz CT molecular complexity index is 971.